The van der Waals surface area contributed by atoms with Gasteiger partial charge in [0.25, 0.3) is 0 Å². The van der Waals surface area contributed by atoms with E-state index < -0.39 is 5.97 Å². The summed E-state index contributed by atoms with van der Waals surface area (Å²) in [6.07, 6.45) is 0.506. The van der Waals surface area contributed by atoms with Gasteiger partial charge in [-0.2, -0.15) is 4.98 Å². The van der Waals surface area contributed by atoms with Crippen molar-refractivity contribution in [3.8, 4) is 0 Å². The molecule has 0 aliphatic rings. The first kappa shape index (κ1) is 13.2. The van der Waals surface area contributed by atoms with E-state index in [0.717, 1.165) is 0 Å². The molecular weight excluding hydrogens is 250 g/mol. The Morgan fingerprint density at radius 1 is 1.37 bits per heavy atom. The second-order valence-electron chi connectivity index (χ2n) is 3.93. The van der Waals surface area contributed by atoms with Crippen LogP contribution in [0, 0.1) is 13.8 Å². The summed E-state index contributed by atoms with van der Waals surface area (Å²) in [5, 5.41) is 11.4. The SMILES string of the molecule is CCOC(=O)c1nnc(C)n1CCc1nc(C)no1. The average Bonchev–Trinajstić information content (AvgIpc) is 2.94. The van der Waals surface area contributed by atoms with E-state index in [0.29, 0.717) is 37.1 Å². The summed E-state index contributed by atoms with van der Waals surface area (Å²) in [7, 11) is 0. The van der Waals surface area contributed by atoms with Crippen molar-refractivity contribution in [3.05, 3.63) is 23.4 Å². The topological polar surface area (TPSA) is 95.9 Å². The maximum atomic E-state index is 11.7. The molecule has 2 heterocycles. The number of ether oxygens (including phenoxy) is 1. The molecule has 0 saturated heterocycles. The molecule has 102 valence electrons. The summed E-state index contributed by atoms with van der Waals surface area (Å²) in [6, 6.07) is 0. The van der Waals surface area contributed by atoms with Crippen LogP contribution < -0.4 is 0 Å². The zero-order valence-electron chi connectivity index (χ0n) is 11.1. The molecule has 2 aromatic heterocycles. The molecule has 19 heavy (non-hydrogen) atoms. The lowest BCUT2D eigenvalue weighted by molar-refractivity contribution is 0.0505. The van der Waals surface area contributed by atoms with Gasteiger partial charge in [-0.1, -0.05) is 5.16 Å². The zero-order valence-corrected chi connectivity index (χ0v) is 11.1. The number of hydrogen-bond acceptors (Lipinski definition) is 7. The Morgan fingerprint density at radius 2 is 2.16 bits per heavy atom. The van der Waals surface area contributed by atoms with Crippen LogP contribution in [0.15, 0.2) is 4.52 Å². The van der Waals surface area contributed by atoms with Crippen LogP contribution in [0.2, 0.25) is 0 Å². The van der Waals surface area contributed by atoms with Crippen LogP contribution in [0.4, 0.5) is 0 Å². The minimum atomic E-state index is -0.482. The second kappa shape index (κ2) is 5.59. The number of carbonyl (C=O) groups is 1. The lowest BCUT2D eigenvalue weighted by atomic mass is 10.4. The Bertz CT molecular complexity index is 575. The van der Waals surface area contributed by atoms with Gasteiger partial charge in [0.05, 0.1) is 6.61 Å². The van der Waals surface area contributed by atoms with Crippen molar-refractivity contribution in [3.63, 3.8) is 0 Å². The molecule has 0 spiro atoms. The average molecular weight is 265 g/mol. The Morgan fingerprint density at radius 3 is 2.79 bits per heavy atom. The summed E-state index contributed by atoms with van der Waals surface area (Å²) in [6.45, 7) is 6.05. The van der Waals surface area contributed by atoms with E-state index in [1.165, 1.54) is 0 Å². The summed E-state index contributed by atoms with van der Waals surface area (Å²) in [5.41, 5.74) is 0. The predicted octanol–water partition coefficient (Wildman–Crippen LogP) is 0.697. The largest absolute Gasteiger partial charge is 0.460 e. The maximum absolute atomic E-state index is 11.7. The minimum Gasteiger partial charge on any atom is -0.460 e. The first-order valence-electron chi connectivity index (χ1n) is 5.98. The summed E-state index contributed by atoms with van der Waals surface area (Å²) in [5.74, 6) is 1.45. The molecule has 0 bridgehead atoms. The number of aryl methyl sites for hydroxylation is 3. The molecule has 0 fully saturated rings. The van der Waals surface area contributed by atoms with Gasteiger partial charge in [-0.15, -0.1) is 10.2 Å². The normalized spacial score (nSPS) is 10.7. The van der Waals surface area contributed by atoms with Gasteiger partial charge in [-0.05, 0) is 20.8 Å². The highest BCUT2D eigenvalue weighted by molar-refractivity contribution is 5.85. The molecule has 0 amide bonds. The summed E-state index contributed by atoms with van der Waals surface area (Å²) < 4.78 is 11.6. The van der Waals surface area contributed by atoms with Gasteiger partial charge in [0.1, 0.15) is 5.82 Å². The van der Waals surface area contributed by atoms with Gasteiger partial charge in [0.15, 0.2) is 5.82 Å². The molecule has 0 unspecified atom stereocenters. The maximum Gasteiger partial charge on any atom is 0.376 e. The van der Waals surface area contributed by atoms with Crippen molar-refractivity contribution in [2.75, 3.05) is 6.61 Å². The molecule has 0 aliphatic carbocycles. The standard InChI is InChI=1S/C11H15N5O3/c1-4-18-11(17)10-14-13-8(3)16(10)6-5-9-12-7(2)15-19-9/h4-6H2,1-3H3. The molecule has 0 N–H and O–H groups in total. The van der Waals surface area contributed by atoms with Crippen molar-refractivity contribution in [2.45, 2.75) is 33.7 Å². The molecule has 0 radical (unpaired) electrons. The monoisotopic (exact) mass is 265 g/mol. The van der Waals surface area contributed by atoms with Crippen LogP contribution in [-0.4, -0.2) is 37.5 Å². The van der Waals surface area contributed by atoms with Crippen LogP contribution in [0.1, 0.15) is 35.1 Å². The van der Waals surface area contributed by atoms with E-state index in [1.807, 2.05) is 0 Å². The number of nitrogens with zero attached hydrogens (tertiary/aromatic N) is 5. The Kier molecular flexibility index (Phi) is 3.88. The van der Waals surface area contributed by atoms with Gasteiger partial charge in [0.2, 0.25) is 11.7 Å². The lowest BCUT2D eigenvalue weighted by Gasteiger charge is -2.06. The van der Waals surface area contributed by atoms with Gasteiger partial charge in [0, 0.05) is 13.0 Å². The lowest BCUT2D eigenvalue weighted by Crippen LogP contribution is -2.15. The molecule has 0 aliphatic heterocycles. The van der Waals surface area contributed by atoms with Crippen LogP contribution in [0.3, 0.4) is 0 Å². The van der Waals surface area contributed by atoms with Crippen molar-refractivity contribution in [1.82, 2.24) is 24.9 Å². The Hall–Kier alpha value is -2.25. The zero-order chi connectivity index (χ0) is 13.8. The predicted molar refractivity (Wildman–Crippen MR) is 63.5 cm³/mol. The fraction of sp³-hybridized carbons (Fsp3) is 0.545. The van der Waals surface area contributed by atoms with Gasteiger partial charge in [-0.25, -0.2) is 4.79 Å². The van der Waals surface area contributed by atoms with Crippen LogP contribution in [0.5, 0.6) is 0 Å². The molecule has 8 heteroatoms. The number of hydrogen-bond donors (Lipinski definition) is 0. The highest BCUT2D eigenvalue weighted by Crippen LogP contribution is 2.06. The third kappa shape index (κ3) is 2.95. The van der Waals surface area contributed by atoms with Gasteiger partial charge >= 0.3 is 5.97 Å². The molecule has 2 rings (SSSR count). The van der Waals surface area contributed by atoms with E-state index in [2.05, 4.69) is 20.3 Å². The molecule has 2 aromatic rings. The Labute approximate surface area is 109 Å². The highest BCUT2D eigenvalue weighted by Gasteiger charge is 2.18. The summed E-state index contributed by atoms with van der Waals surface area (Å²) >= 11 is 0. The van der Waals surface area contributed by atoms with Crippen LogP contribution in [0.25, 0.3) is 0 Å². The fourth-order valence-electron chi connectivity index (χ4n) is 1.64. The van der Waals surface area contributed by atoms with Crippen molar-refractivity contribution >= 4 is 5.97 Å². The van der Waals surface area contributed by atoms with Crippen molar-refractivity contribution in [1.29, 1.82) is 0 Å². The number of rotatable bonds is 5. The van der Waals surface area contributed by atoms with Crippen molar-refractivity contribution < 1.29 is 14.1 Å². The Balaban J connectivity index is 2.11. The van der Waals surface area contributed by atoms with Crippen molar-refractivity contribution in [2.24, 2.45) is 0 Å². The minimum absolute atomic E-state index is 0.190. The van der Waals surface area contributed by atoms with E-state index in [1.54, 1.807) is 25.3 Å². The third-order valence-corrected chi connectivity index (χ3v) is 2.51. The first-order chi connectivity index (χ1) is 9.11. The van der Waals surface area contributed by atoms with Gasteiger partial charge in [-0.3, -0.25) is 0 Å². The highest BCUT2D eigenvalue weighted by atomic mass is 16.5. The van der Waals surface area contributed by atoms with E-state index in [4.69, 9.17) is 9.26 Å². The van der Waals surface area contributed by atoms with Crippen LogP contribution >= 0.6 is 0 Å². The van der Waals surface area contributed by atoms with Crippen LogP contribution in [-0.2, 0) is 17.7 Å². The number of esters is 1. The van der Waals surface area contributed by atoms with Gasteiger partial charge < -0.3 is 13.8 Å². The quantitative estimate of drug-likeness (QED) is 0.734. The van der Waals surface area contributed by atoms with E-state index in [-0.39, 0.29) is 5.82 Å². The number of carbonyl (C=O) groups excluding carboxylic acids is 1. The second-order valence-corrected chi connectivity index (χ2v) is 3.93. The smallest absolute Gasteiger partial charge is 0.376 e. The van der Waals surface area contributed by atoms with E-state index in [9.17, 15) is 4.79 Å². The third-order valence-electron chi connectivity index (χ3n) is 2.51. The molecular formula is C11H15N5O3. The van der Waals surface area contributed by atoms with E-state index >= 15 is 0 Å². The molecule has 0 aromatic carbocycles. The summed E-state index contributed by atoms with van der Waals surface area (Å²) in [4.78, 5) is 15.8. The number of aromatic nitrogens is 5. The molecule has 0 atom stereocenters. The molecule has 8 nitrogen and oxygen atoms in total. The first-order valence-corrected chi connectivity index (χ1v) is 5.98. The fourth-order valence-corrected chi connectivity index (χ4v) is 1.64. The molecule has 0 saturated carbocycles.